The van der Waals surface area contributed by atoms with Crippen molar-refractivity contribution < 1.29 is 25.2 Å². The number of hydrogen-bond donors (Lipinski definition) is 4. The zero-order chi connectivity index (χ0) is 26.6. The number of phenols is 3. The minimum Gasteiger partial charge on any atom is -0.508 e. The van der Waals surface area contributed by atoms with E-state index in [9.17, 15) is 20.1 Å². The van der Waals surface area contributed by atoms with E-state index in [1.165, 1.54) is 30.3 Å². The first-order valence-corrected chi connectivity index (χ1v) is 11.4. The Morgan fingerprint density at radius 3 is 1.71 bits per heavy atom. The number of fused-ring (bicyclic) bond motifs is 1. The molecule has 38 heavy (non-hydrogen) atoms. The van der Waals surface area contributed by atoms with Gasteiger partial charge in [-0.15, -0.1) is 5.11 Å². The summed E-state index contributed by atoms with van der Waals surface area (Å²) in [6, 6.07) is 26.8. The maximum atomic E-state index is 11.2. The molecule has 186 valence electrons. The average Bonchev–Trinajstić information content (AvgIpc) is 2.92. The highest BCUT2D eigenvalue weighted by atomic mass is 16.4. The molecule has 0 aliphatic carbocycles. The number of carboxylic acid groups (broad SMARTS) is 1. The van der Waals surface area contributed by atoms with Crippen LogP contribution in [-0.4, -0.2) is 26.4 Å². The molecule has 0 saturated heterocycles. The third-order valence-corrected chi connectivity index (χ3v) is 5.78. The van der Waals surface area contributed by atoms with Crippen molar-refractivity contribution in [3.05, 3.63) is 103 Å². The molecular formula is C29H20N4O5. The quantitative estimate of drug-likeness (QED) is 0.172. The summed E-state index contributed by atoms with van der Waals surface area (Å²) in [7, 11) is 0. The summed E-state index contributed by atoms with van der Waals surface area (Å²) in [6.45, 7) is 0. The van der Waals surface area contributed by atoms with Crippen LogP contribution in [0.25, 0.3) is 21.9 Å². The summed E-state index contributed by atoms with van der Waals surface area (Å²) in [6.07, 6.45) is 0. The van der Waals surface area contributed by atoms with Crippen molar-refractivity contribution in [2.75, 3.05) is 0 Å². The van der Waals surface area contributed by atoms with Gasteiger partial charge in [-0.1, -0.05) is 36.4 Å². The molecular weight excluding hydrogens is 484 g/mol. The molecule has 0 amide bonds. The van der Waals surface area contributed by atoms with Gasteiger partial charge >= 0.3 is 5.97 Å². The van der Waals surface area contributed by atoms with E-state index in [0.29, 0.717) is 22.4 Å². The minimum absolute atomic E-state index is 0.0338. The van der Waals surface area contributed by atoms with Crippen molar-refractivity contribution in [2.45, 2.75) is 0 Å². The van der Waals surface area contributed by atoms with Crippen LogP contribution in [0.5, 0.6) is 17.2 Å². The number of carboxylic acids is 1. The molecule has 5 aromatic carbocycles. The van der Waals surface area contributed by atoms with Gasteiger partial charge in [0.1, 0.15) is 28.5 Å². The lowest BCUT2D eigenvalue weighted by Gasteiger charge is -2.05. The summed E-state index contributed by atoms with van der Waals surface area (Å²) in [5, 5.41) is 56.8. The van der Waals surface area contributed by atoms with E-state index < -0.39 is 5.97 Å². The Morgan fingerprint density at radius 1 is 0.553 bits per heavy atom. The first-order chi connectivity index (χ1) is 18.4. The van der Waals surface area contributed by atoms with Crippen molar-refractivity contribution in [1.29, 1.82) is 0 Å². The lowest BCUT2D eigenvalue weighted by molar-refractivity contribution is 0.0693. The Labute approximate surface area is 216 Å². The van der Waals surface area contributed by atoms with E-state index in [1.807, 2.05) is 24.3 Å². The zero-order valence-electron chi connectivity index (χ0n) is 19.7. The van der Waals surface area contributed by atoms with Crippen LogP contribution in [0.2, 0.25) is 0 Å². The van der Waals surface area contributed by atoms with Crippen LogP contribution in [0.4, 0.5) is 22.7 Å². The van der Waals surface area contributed by atoms with Gasteiger partial charge in [0.25, 0.3) is 0 Å². The van der Waals surface area contributed by atoms with Crippen LogP contribution in [0.1, 0.15) is 10.4 Å². The molecule has 0 radical (unpaired) electrons. The fourth-order valence-electron chi connectivity index (χ4n) is 3.81. The Hall–Kier alpha value is -5.57. The molecule has 0 atom stereocenters. The first-order valence-electron chi connectivity index (χ1n) is 11.4. The SMILES string of the molecule is O=C(O)c1cc(N=Nc2ccc(-c3ccc(N=Nc4c(O)ccc5ccc(O)cc45)cc3)cc2)ccc1O. The van der Waals surface area contributed by atoms with Gasteiger partial charge < -0.3 is 20.4 Å². The maximum absolute atomic E-state index is 11.2. The summed E-state index contributed by atoms with van der Waals surface area (Å²) in [5.41, 5.74) is 3.38. The number of benzene rings is 5. The van der Waals surface area contributed by atoms with E-state index in [-0.39, 0.29) is 28.5 Å². The number of carbonyl (C=O) groups is 1. The fraction of sp³-hybridized carbons (Fsp3) is 0. The lowest BCUT2D eigenvalue weighted by atomic mass is 10.1. The molecule has 0 aliphatic heterocycles. The van der Waals surface area contributed by atoms with Crippen LogP contribution < -0.4 is 0 Å². The van der Waals surface area contributed by atoms with E-state index in [2.05, 4.69) is 20.5 Å². The summed E-state index contributed by atoms with van der Waals surface area (Å²) < 4.78 is 0. The van der Waals surface area contributed by atoms with Crippen LogP contribution in [0.15, 0.2) is 118 Å². The van der Waals surface area contributed by atoms with E-state index in [0.717, 1.165) is 16.5 Å². The highest BCUT2D eigenvalue weighted by Crippen LogP contribution is 2.38. The predicted molar refractivity (Wildman–Crippen MR) is 143 cm³/mol. The molecule has 5 aromatic rings. The largest absolute Gasteiger partial charge is 0.508 e. The van der Waals surface area contributed by atoms with Crippen molar-refractivity contribution in [3.63, 3.8) is 0 Å². The number of aromatic hydroxyl groups is 3. The lowest BCUT2D eigenvalue weighted by Crippen LogP contribution is -1.95. The fourth-order valence-corrected chi connectivity index (χ4v) is 3.81. The first kappa shape index (κ1) is 24.1. The molecule has 0 fully saturated rings. The van der Waals surface area contributed by atoms with Gasteiger partial charge in [0.05, 0.1) is 17.1 Å². The zero-order valence-corrected chi connectivity index (χ0v) is 19.7. The van der Waals surface area contributed by atoms with Crippen LogP contribution in [0, 0.1) is 0 Å². The molecule has 0 bridgehead atoms. The molecule has 0 heterocycles. The van der Waals surface area contributed by atoms with Gasteiger partial charge in [0.2, 0.25) is 0 Å². The van der Waals surface area contributed by atoms with Gasteiger partial charge in [-0.3, -0.25) is 0 Å². The van der Waals surface area contributed by atoms with Crippen molar-refractivity contribution in [2.24, 2.45) is 20.5 Å². The second-order valence-electron chi connectivity index (χ2n) is 8.34. The van der Waals surface area contributed by atoms with E-state index in [1.54, 1.807) is 42.5 Å². The van der Waals surface area contributed by atoms with E-state index >= 15 is 0 Å². The van der Waals surface area contributed by atoms with Crippen LogP contribution in [-0.2, 0) is 0 Å². The van der Waals surface area contributed by atoms with Crippen LogP contribution >= 0.6 is 0 Å². The maximum Gasteiger partial charge on any atom is 0.339 e. The molecule has 0 unspecified atom stereocenters. The number of nitrogens with zero attached hydrogens (tertiary/aromatic N) is 4. The number of hydrogen-bond acceptors (Lipinski definition) is 8. The van der Waals surface area contributed by atoms with E-state index in [4.69, 9.17) is 5.11 Å². The summed E-state index contributed by atoms with van der Waals surface area (Å²) in [4.78, 5) is 11.2. The predicted octanol–water partition coefficient (Wildman–Crippen LogP) is 8.15. The molecule has 0 aliphatic rings. The van der Waals surface area contributed by atoms with Gasteiger partial charge in [0, 0.05) is 5.39 Å². The number of aromatic carboxylic acids is 1. The Bertz CT molecular complexity index is 1710. The molecule has 5 rings (SSSR count). The van der Waals surface area contributed by atoms with Gasteiger partial charge in [-0.05, 0) is 77.2 Å². The third-order valence-electron chi connectivity index (χ3n) is 5.78. The van der Waals surface area contributed by atoms with Crippen molar-refractivity contribution in [3.8, 4) is 28.4 Å². The highest BCUT2D eigenvalue weighted by Gasteiger charge is 2.10. The smallest absolute Gasteiger partial charge is 0.339 e. The second-order valence-corrected chi connectivity index (χ2v) is 8.34. The van der Waals surface area contributed by atoms with Crippen LogP contribution in [0.3, 0.4) is 0 Å². The second kappa shape index (κ2) is 10.2. The van der Waals surface area contributed by atoms with Gasteiger partial charge in [0.15, 0.2) is 0 Å². The molecule has 9 heteroatoms. The van der Waals surface area contributed by atoms with Gasteiger partial charge in [-0.2, -0.15) is 15.3 Å². The summed E-state index contributed by atoms with van der Waals surface area (Å²) in [5.74, 6) is -1.54. The molecule has 9 nitrogen and oxygen atoms in total. The Balaban J connectivity index is 1.31. The molecule has 0 saturated carbocycles. The number of phenolic OH excluding ortho intramolecular Hbond substituents is 2. The number of rotatable bonds is 6. The van der Waals surface area contributed by atoms with Crippen molar-refractivity contribution >= 4 is 39.5 Å². The monoisotopic (exact) mass is 504 g/mol. The number of azo groups is 2. The third kappa shape index (κ3) is 5.17. The minimum atomic E-state index is -1.25. The van der Waals surface area contributed by atoms with Crippen molar-refractivity contribution in [1.82, 2.24) is 0 Å². The Morgan fingerprint density at radius 2 is 1.08 bits per heavy atom. The Kier molecular flexibility index (Phi) is 6.48. The van der Waals surface area contributed by atoms with Gasteiger partial charge in [-0.25, -0.2) is 4.79 Å². The molecule has 0 aromatic heterocycles. The summed E-state index contributed by atoms with van der Waals surface area (Å²) >= 11 is 0. The molecule has 0 spiro atoms. The standard InChI is InChI=1S/C29H20N4O5/c34-23-12-5-19-6-13-27(36)28(24(19)16-23)33-31-21-9-3-18(4-10-21)17-1-7-20(8-2-17)30-32-22-11-14-26(35)25(15-22)29(37)38/h1-16,34-36H,(H,37,38). The topological polar surface area (TPSA) is 147 Å². The molecule has 4 N–H and O–H groups in total. The average molecular weight is 505 g/mol. The highest BCUT2D eigenvalue weighted by molar-refractivity contribution is 5.96. The normalized spacial score (nSPS) is 11.5.